The van der Waals surface area contributed by atoms with E-state index in [1.807, 2.05) is 23.9 Å². The van der Waals surface area contributed by atoms with Crippen LogP contribution in [0.25, 0.3) is 0 Å². The van der Waals surface area contributed by atoms with Crippen LogP contribution in [0, 0.1) is 6.92 Å². The Morgan fingerprint density at radius 3 is 2.64 bits per heavy atom. The zero-order chi connectivity index (χ0) is 10.4. The normalized spacial score (nSPS) is 11.1. The molecule has 1 aromatic heterocycles. The zero-order valence-electron chi connectivity index (χ0n) is 9.45. The predicted octanol–water partition coefficient (Wildman–Crippen LogP) is 1.97. The van der Waals surface area contributed by atoms with Crippen LogP contribution < -0.4 is 5.32 Å². The largest absolute Gasteiger partial charge is 0.312 e. The minimum absolute atomic E-state index is 0.659. The first-order chi connectivity index (χ1) is 6.76. The SMILES string of the molecule is CCC(CC)NCCn1ccc(C)n1. The molecular formula is C11H21N3. The third-order valence-corrected chi connectivity index (χ3v) is 2.53. The van der Waals surface area contributed by atoms with E-state index in [1.165, 1.54) is 12.8 Å². The Labute approximate surface area is 86.5 Å². The van der Waals surface area contributed by atoms with E-state index in [9.17, 15) is 0 Å². The van der Waals surface area contributed by atoms with Crippen molar-refractivity contribution in [1.29, 1.82) is 0 Å². The molecule has 80 valence electrons. The van der Waals surface area contributed by atoms with Crippen molar-refractivity contribution in [3.63, 3.8) is 0 Å². The lowest BCUT2D eigenvalue weighted by Gasteiger charge is -2.14. The summed E-state index contributed by atoms with van der Waals surface area (Å²) in [5.74, 6) is 0. The van der Waals surface area contributed by atoms with Gasteiger partial charge in [-0.15, -0.1) is 0 Å². The van der Waals surface area contributed by atoms with Crippen LogP contribution in [0.1, 0.15) is 32.4 Å². The van der Waals surface area contributed by atoms with Gasteiger partial charge in [-0.3, -0.25) is 4.68 Å². The maximum Gasteiger partial charge on any atom is 0.0593 e. The van der Waals surface area contributed by atoms with Crippen molar-refractivity contribution in [3.05, 3.63) is 18.0 Å². The summed E-state index contributed by atoms with van der Waals surface area (Å²) in [5, 5.41) is 7.85. The summed E-state index contributed by atoms with van der Waals surface area (Å²) in [5.41, 5.74) is 1.09. The van der Waals surface area contributed by atoms with Crippen LogP contribution in [-0.4, -0.2) is 22.4 Å². The van der Waals surface area contributed by atoms with Crippen molar-refractivity contribution in [1.82, 2.24) is 15.1 Å². The molecule has 0 amide bonds. The molecule has 0 atom stereocenters. The number of aromatic nitrogens is 2. The van der Waals surface area contributed by atoms with Gasteiger partial charge in [-0.05, 0) is 25.8 Å². The van der Waals surface area contributed by atoms with Crippen LogP contribution in [0.2, 0.25) is 0 Å². The van der Waals surface area contributed by atoms with Gasteiger partial charge in [-0.2, -0.15) is 5.10 Å². The van der Waals surface area contributed by atoms with Gasteiger partial charge in [0, 0.05) is 18.8 Å². The van der Waals surface area contributed by atoms with Crippen LogP contribution in [0.5, 0.6) is 0 Å². The molecule has 0 bridgehead atoms. The smallest absolute Gasteiger partial charge is 0.0593 e. The van der Waals surface area contributed by atoms with Crippen molar-refractivity contribution in [3.8, 4) is 0 Å². The summed E-state index contributed by atoms with van der Waals surface area (Å²) in [6.07, 6.45) is 4.44. The standard InChI is InChI=1S/C11H21N3/c1-4-11(5-2)12-7-9-14-8-6-10(3)13-14/h6,8,11-12H,4-5,7,9H2,1-3H3. The van der Waals surface area contributed by atoms with Gasteiger partial charge in [-0.25, -0.2) is 0 Å². The Balaban J connectivity index is 2.21. The van der Waals surface area contributed by atoms with E-state index in [-0.39, 0.29) is 0 Å². The second kappa shape index (κ2) is 5.81. The second-order valence-corrected chi connectivity index (χ2v) is 3.69. The van der Waals surface area contributed by atoms with Crippen LogP contribution in [0.4, 0.5) is 0 Å². The molecule has 1 rings (SSSR count). The lowest BCUT2D eigenvalue weighted by Crippen LogP contribution is -2.30. The molecule has 3 heteroatoms. The van der Waals surface area contributed by atoms with E-state index in [4.69, 9.17) is 0 Å². The van der Waals surface area contributed by atoms with E-state index in [0.717, 1.165) is 18.8 Å². The Hall–Kier alpha value is -0.830. The van der Waals surface area contributed by atoms with Crippen molar-refractivity contribution >= 4 is 0 Å². The molecule has 0 radical (unpaired) electrons. The molecule has 0 aliphatic heterocycles. The minimum atomic E-state index is 0.659. The summed E-state index contributed by atoms with van der Waals surface area (Å²) in [4.78, 5) is 0. The fourth-order valence-electron chi connectivity index (χ4n) is 1.55. The van der Waals surface area contributed by atoms with E-state index in [1.54, 1.807) is 0 Å². The summed E-state index contributed by atoms with van der Waals surface area (Å²) >= 11 is 0. The lowest BCUT2D eigenvalue weighted by molar-refractivity contribution is 0.454. The van der Waals surface area contributed by atoms with Gasteiger partial charge in [0.2, 0.25) is 0 Å². The molecule has 1 heterocycles. The fourth-order valence-corrected chi connectivity index (χ4v) is 1.55. The van der Waals surface area contributed by atoms with Crippen LogP contribution in [-0.2, 0) is 6.54 Å². The minimum Gasteiger partial charge on any atom is -0.312 e. The quantitative estimate of drug-likeness (QED) is 0.752. The third kappa shape index (κ3) is 3.50. The molecule has 0 fully saturated rings. The van der Waals surface area contributed by atoms with Crippen LogP contribution in [0.15, 0.2) is 12.3 Å². The number of nitrogens with zero attached hydrogens (tertiary/aromatic N) is 2. The second-order valence-electron chi connectivity index (χ2n) is 3.69. The number of rotatable bonds is 6. The van der Waals surface area contributed by atoms with E-state index in [2.05, 4.69) is 24.3 Å². The molecular weight excluding hydrogens is 174 g/mol. The highest BCUT2D eigenvalue weighted by Crippen LogP contribution is 1.96. The first-order valence-electron chi connectivity index (χ1n) is 5.49. The van der Waals surface area contributed by atoms with Gasteiger partial charge < -0.3 is 5.32 Å². The van der Waals surface area contributed by atoms with E-state index >= 15 is 0 Å². The Kier molecular flexibility index (Phi) is 4.66. The predicted molar refractivity (Wildman–Crippen MR) is 59.3 cm³/mol. The molecule has 0 aromatic carbocycles. The summed E-state index contributed by atoms with van der Waals surface area (Å²) in [7, 11) is 0. The lowest BCUT2D eigenvalue weighted by atomic mass is 10.2. The summed E-state index contributed by atoms with van der Waals surface area (Å²) < 4.78 is 1.99. The Morgan fingerprint density at radius 1 is 1.43 bits per heavy atom. The van der Waals surface area contributed by atoms with Crippen molar-refractivity contribution in [2.75, 3.05) is 6.54 Å². The molecule has 0 saturated carbocycles. The molecule has 0 aliphatic rings. The van der Waals surface area contributed by atoms with E-state index < -0.39 is 0 Å². The molecule has 3 nitrogen and oxygen atoms in total. The molecule has 0 saturated heterocycles. The molecule has 1 N–H and O–H groups in total. The van der Waals surface area contributed by atoms with Crippen molar-refractivity contribution in [2.45, 2.75) is 46.2 Å². The first kappa shape index (κ1) is 11.2. The first-order valence-corrected chi connectivity index (χ1v) is 5.49. The molecule has 0 aliphatic carbocycles. The maximum atomic E-state index is 4.34. The number of hydrogen-bond acceptors (Lipinski definition) is 2. The summed E-state index contributed by atoms with van der Waals surface area (Å²) in [6, 6.07) is 2.70. The number of aryl methyl sites for hydroxylation is 1. The van der Waals surface area contributed by atoms with Gasteiger partial charge in [0.15, 0.2) is 0 Å². The van der Waals surface area contributed by atoms with Gasteiger partial charge in [0.25, 0.3) is 0 Å². The number of hydrogen-bond donors (Lipinski definition) is 1. The van der Waals surface area contributed by atoms with Gasteiger partial charge in [-0.1, -0.05) is 13.8 Å². The highest BCUT2D eigenvalue weighted by atomic mass is 15.3. The monoisotopic (exact) mass is 195 g/mol. The average molecular weight is 195 g/mol. The van der Waals surface area contributed by atoms with Gasteiger partial charge >= 0.3 is 0 Å². The summed E-state index contributed by atoms with van der Waals surface area (Å²) in [6.45, 7) is 8.43. The van der Waals surface area contributed by atoms with Gasteiger partial charge in [0.05, 0.1) is 12.2 Å². The highest BCUT2D eigenvalue weighted by molar-refractivity contribution is 4.94. The van der Waals surface area contributed by atoms with Crippen LogP contribution >= 0.6 is 0 Å². The topological polar surface area (TPSA) is 29.9 Å². The maximum absolute atomic E-state index is 4.34. The number of nitrogens with one attached hydrogen (secondary N) is 1. The Bertz CT molecular complexity index is 251. The van der Waals surface area contributed by atoms with Crippen molar-refractivity contribution < 1.29 is 0 Å². The zero-order valence-corrected chi connectivity index (χ0v) is 9.45. The highest BCUT2D eigenvalue weighted by Gasteiger charge is 2.01. The third-order valence-electron chi connectivity index (χ3n) is 2.53. The molecule has 14 heavy (non-hydrogen) atoms. The molecule has 0 spiro atoms. The fraction of sp³-hybridized carbons (Fsp3) is 0.727. The molecule has 0 unspecified atom stereocenters. The van der Waals surface area contributed by atoms with E-state index in [0.29, 0.717) is 6.04 Å². The van der Waals surface area contributed by atoms with Crippen molar-refractivity contribution in [2.24, 2.45) is 0 Å². The van der Waals surface area contributed by atoms with Gasteiger partial charge in [0.1, 0.15) is 0 Å². The van der Waals surface area contributed by atoms with Crippen LogP contribution in [0.3, 0.4) is 0 Å². The Morgan fingerprint density at radius 2 is 2.14 bits per heavy atom. The molecule has 1 aromatic rings. The average Bonchev–Trinajstić information content (AvgIpc) is 2.59.